The number of ether oxygens (including phenoxy) is 1. The van der Waals surface area contributed by atoms with Crippen LogP contribution in [0.15, 0.2) is 48.5 Å². The van der Waals surface area contributed by atoms with E-state index in [4.69, 9.17) is 4.74 Å². The maximum absolute atomic E-state index is 12.9. The average molecular weight is 609 g/mol. The summed E-state index contributed by atoms with van der Waals surface area (Å²) in [5.41, 5.74) is 1.52. The van der Waals surface area contributed by atoms with E-state index < -0.39 is 5.41 Å². The minimum absolute atomic E-state index is 0.138. The predicted octanol–water partition coefficient (Wildman–Crippen LogP) is 11.9. The molecule has 0 atom stereocenters. The van der Waals surface area contributed by atoms with Crippen molar-refractivity contribution < 1.29 is 19.7 Å². The van der Waals surface area contributed by atoms with Gasteiger partial charge in [-0.15, -0.1) is 0 Å². The van der Waals surface area contributed by atoms with E-state index in [1.807, 2.05) is 24.3 Å². The van der Waals surface area contributed by atoms with Gasteiger partial charge in [-0.2, -0.15) is 0 Å². The third-order valence-corrected chi connectivity index (χ3v) is 9.26. The zero-order chi connectivity index (χ0) is 31.7. The number of hydrogen-bond acceptors (Lipinski definition) is 4. The Morgan fingerprint density at radius 1 is 0.523 bits per heavy atom. The number of phenols is 2. The van der Waals surface area contributed by atoms with E-state index >= 15 is 0 Å². The van der Waals surface area contributed by atoms with Crippen LogP contribution < -0.4 is 0 Å². The second-order valence-corrected chi connectivity index (χ2v) is 13.1. The van der Waals surface area contributed by atoms with E-state index in [1.54, 1.807) is 24.3 Å². The molecule has 2 aromatic rings. The van der Waals surface area contributed by atoms with Crippen LogP contribution in [-0.4, -0.2) is 22.8 Å². The third kappa shape index (κ3) is 15.5. The highest BCUT2D eigenvalue weighted by molar-refractivity contribution is 5.69. The minimum Gasteiger partial charge on any atom is -0.508 e. The van der Waals surface area contributed by atoms with Crippen LogP contribution in [0.4, 0.5) is 0 Å². The largest absolute Gasteiger partial charge is 0.508 e. The summed E-state index contributed by atoms with van der Waals surface area (Å²) < 4.78 is 6.03. The molecule has 0 bridgehead atoms. The molecule has 2 rings (SSSR count). The molecule has 2 aromatic carbocycles. The summed E-state index contributed by atoms with van der Waals surface area (Å²) in [7, 11) is 0. The Balaban J connectivity index is 1.91. The quantitative estimate of drug-likeness (QED) is 0.0782. The van der Waals surface area contributed by atoms with Crippen molar-refractivity contribution in [2.24, 2.45) is 0 Å². The lowest BCUT2D eigenvalue weighted by atomic mass is 9.71. The molecule has 0 saturated carbocycles. The molecule has 0 amide bonds. The fourth-order valence-electron chi connectivity index (χ4n) is 6.38. The van der Waals surface area contributed by atoms with Crippen molar-refractivity contribution in [3.63, 3.8) is 0 Å². The van der Waals surface area contributed by atoms with E-state index in [0.717, 1.165) is 43.2 Å². The molecule has 4 heteroatoms. The van der Waals surface area contributed by atoms with Crippen molar-refractivity contribution in [1.82, 2.24) is 0 Å². The number of benzene rings is 2. The standard InChI is InChI=1S/C40H64O4/c1-3-5-7-9-11-12-13-14-15-16-17-19-21-23-33-40(35-25-29-37(41)30-26-35,36-27-31-38(42)32-28-36)34-44-39(43)24-22-20-18-10-8-6-4-2/h25-32,41-42H,3-24,33-34H2,1-2H3. The van der Waals surface area contributed by atoms with Gasteiger partial charge in [-0.3, -0.25) is 4.79 Å². The number of carbonyl (C=O) groups is 1. The molecule has 0 unspecified atom stereocenters. The normalized spacial score (nSPS) is 11.6. The highest BCUT2D eigenvalue weighted by Gasteiger charge is 2.35. The van der Waals surface area contributed by atoms with Crippen LogP contribution in [0.5, 0.6) is 11.5 Å². The number of rotatable bonds is 27. The van der Waals surface area contributed by atoms with Gasteiger partial charge in [-0.05, 0) is 48.2 Å². The second kappa shape index (κ2) is 23.8. The molecule has 0 fully saturated rings. The van der Waals surface area contributed by atoms with Gasteiger partial charge >= 0.3 is 5.97 Å². The molecule has 0 radical (unpaired) electrons. The van der Waals surface area contributed by atoms with Crippen LogP contribution >= 0.6 is 0 Å². The fourth-order valence-corrected chi connectivity index (χ4v) is 6.38. The van der Waals surface area contributed by atoms with Crippen molar-refractivity contribution in [3.05, 3.63) is 59.7 Å². The van der Waals surface area contributed by atoms with Gasteiger partial charge in [0.15, 0.2) is 0 Å². The minimum atomic E-state index is -0.533. The van der Waals surface area contributed by atoms with E-state index in [2.05, 4.69) is 13.8 Å². The Hall–Kier alpha value is -2.49. The summed E-state index contributed by atoms with van der Waals surface area (Å²) in [6, 6.07) is 14.7. The lowest BCUT2D eigenvalue weighted by molar-refractivity contribution is -0.145. The predicted molar refractivity (Wildman–Crippen MR) is 185 cm³/mol. The summed E-state index contributed by atoms with van der Waals surface area (Å²) in [4.78, 5) is 12.9. The first-order valence-corrected chi connectivity index (χ1v) is 18.3. The maximum atomic E-state index is 12.9. The molecule has 0 spiro atoms. The van der Waals surface area contributed by atoms with Crippen molar-refractivity contribution in [1.29, 1.82) is 0 Å². The van der Waals surface area contributed by atoms with Crippen LogP contribution in [0.3, 0.4) is 0 Å². The van der Waals surface area contributed by atoms with Crippen LogP contribution in [0.25, 0.3) is 0 Å². The van der Waals surface area contributed by atoms with Crippen molar-refractivity contribution in [3.8, 4) is 11.5 Å². The number of esters is 1. The molecule has 0 aliphatic carbocycles. The van der Waals surface area contributed by atoms with Gasteiger partial charge in [0.1, 0.15) is 18.1 Å². The van der Waals surface area contributed by atoms with Gasteiger partial charge in [0.25, 0.3) is 0 Å². The molecular formula is C40H64O4. The summed E-state index contributed by atoms with van der Waals surface area (Å²) in [6.45, 7) is 4.76. The van der Waals surface area contributed by atoms with E-state index in [1.165, 1.54) is 109 Å². The molecule has 0 heterocycles. The zero-order valence-electron chi connectivity index (χ0n) is 28.3. The van der Waals surface area contributed by atoms with Crippen LogP contribution in [0.1, 0.15) is 173 Å². The number of aromatic hydroxyl groups is 2. The van der Waals surface area contributed by atoms with Crippen molar-refractivity contribution in [2.45, 2.75) is 167 Å². The van der Waals surface area contributed by atoms with Gasteiger partial charge in [-0.25, -0.2) is 0 Å². The first-order valence-electron chi connectivity index (χ1n) is 18.3. The first-order chi connectivity index (χ1) is 21.5. The second-order valence-electron chi connectivity index (χ2n) is 13.1. The fraction of sp³-hybridized carbons (Fsp3) is 0.675. The van der Waals surface area contributed by atoms with E-state index in [0.29, 0.717) is 6.42 Å². The maximum Gasteiger partial charge on any atom is 0.305 e. The Kier molecular flexibility index (Phi) is 20.4. The molecule has 0 aromatic heterocycles. The Morgan fingerprint density at radius 3 is 1.25 bits per heavy atom. The monoisotopic (exact) mass is 608 g/mol. The molecule has 2 N–H and O–H groups in total. The lowest BCUT2D eigenvalue weighted by Crippen LogP contribution is -2.34. The SMILES string of the molecule is CCCCCCCCCCCCCCCCC(COC(=O)CCCCCCCCC)(c1ccc(O)cc1)c1ccc(O)cc1. The topological polar surface area (TPSA) is 66.8 Å². The highest BCUT2D eigenvalue weighted by Crippen LogP contribution is 2.39. The Bertz CT molecular complexity index is 920. The molecular weight excluding hydrogens is 544 g/mol. The molecule has 4 nitrogen and oxygen atoms in total. The number of phenolic OH excluding ortho intramolecular Hbond substituents is 2. The van der Waals surface area contributed by atoms with Crippen LogP contribution in [0.2, 0.25) is 0 Å². The van der Waals surface area contributed by atoms with Gasteiger partial charge in [0, 0.05) is 6.42 Å². The number of carbonyl (C=O) groups excluding carboxylic acids is 1. The average Bonchev–Trinajstić information content (AvgIpc) is 3.03. The van der Waals surface area contributed by atoms with E-state index in [9.17, 15) is 15.0 Å². The van der Waals surface area contributed by atoms with Gasteiger partial charge < -0.3 is 14.9 Å². The van der Waals surface area contributed by atoms with Crippen molar-refractivity contribution >= 4 is 5.97 Å². The number of hydrogen-bond donors (Lipinski definition) is 2. The molecule has 248 valence electrons. The number of unbranched alkanes of at least 4 members (excludes halogenated alkanes) is 19. The van der Waals surface area contributed by atoms with Crippen LogP contribution in [0, 0.1) is 0 Å². The zero-order valence-corrected chi connectivity index (χ0v) is 28.3. The highest BCUT2D eigenvalue weighted by atomic mass is 16.5. The van der Waals surface area contributed by atoms with Crippen LogP contribution in [-0.2, 0) is 14.9 Å². The lowest BCUT2D eigenvalue weighted by Gasteiger charge is -2.35. The Labute approximate surface area is 270 Å². The summed E-state index contributed by atoms with van der Waals surface area (Å²) >= 11 is 0. The van der Waals surface area contributed by atoms with Crippen molar-refractivity contribution in [2.75, 3.05) is 6.61 Å². The Morgan fingerprint density at radius 2 is 0.864 bits per heavy atom. The molecule has 44 heavy (non-hydrogen) atoms. The molecule has 0 aliphatic heterocycles. The smallest absolute Gasteiger partial charge is 0.305 e. The van der Waals surface area contributed by atoms with Gasteiger partial charge in [0.05, 0.1) is 5.41 Å². The van der Waals surface area contributed by atoms with Gasteiger partial charge in [0.2, 0.25) is 0 Å². The molecule has 0 saturated heterocycles. The first kappa shape index (κ1) is 37.7. The van der Waals surface area contributed by atoms with E-state index in [-0.39, 0.29) is 24.1 Å². The van der Waals surface area contributed by atoms with Gasteiger partial charge in [-0.1, -0.05) is 167 Å². The third-order valence-electron chi connectivity index (χ3n) is 9.26. The summed E-state index contributed by atoms with van der Waals surface area (Å²) in [5.74, 6) is 0.308. The summed E-state index contributed by atoms with van der Waals surface area (Å²) in [6.07, 6.45) is 27.8. The molecule has 0 aliphatic rings. The summed E-state index contributed by atoms with van der Waals surface area (Å²) in [5, 5.41) is 20.1.